The van der Waals surface area contributed by atoms with E-state index in [1.165, 1.54) is 0 Å². The van der Waals surface area contributed by atoms with Crippen molar-refractivity contribution in [1.29, 1.82) is 0 Å². The normalized spacial score (nSPS) is 11.5. The van der Waals surface area contributed by atoms with Gasteiger partial charge < -0.3 is 20.5 Å². The molecule has 3 N–H and O–H groups in total. The van der Waals surface area contributed by atoms with Crippen molar-refractivity contribution in [3.63, 3.8) is 0 Å². The maximum atomic E-state index is 11.4. The van der Waals surface area contributed by atoms with Crippen LogP contribution in [0.4, 0.5) is 4.79 Å². The first-order valence-corrected chi connectivity index (χ1v) is 6.86. The number of aliphatic carboxylic acids is 1. The molecule has 0 saturated heterocycles. The Labute approximate surface area is 123 Å². The van der Waals surface area contributed by atoms with Crippen molar-refractivity contribution >= 4 is 12.0 Å². The Kier molecular flexibility index (Phi) is 7.00. The second kappa shape index (κ2) is 8.78. The van der Waals surface area contributed by atoms with Crippen LogP contribution in [0.1, 0.15) is 32.3 Å². The van der Waals surface area contributed by atoms with E-state index in [1.807, 2.05) is 13.8 Å². The summed E-state index contributed by atoms with van der Waals surface area (Å²) in [6.45, 7) is 4.40. The lowest BCUT2D eigenvalue weighted by molar-refractivity contribution is -0.136. The number of amides is 2. The molecule has 21 heavy (non-hydrogen) atoms. The molecule has 0 aromatic carbocycles. The van der Waals surface area contributed by atoms with Gasteiger partial charge in [-0.25, -0.2) is 9.78 Å². The number of ether oxygens (including phenoxy) is 1. The molecule has 7 heteroatoms. The van der Waals surface area contributed by atoms with Gasteiger partial charge in [0.05, 0.1) is 12.5 Å². The van der Waals surface area contributed by atoms with Crippen molar-refractivity contribution in [2.45, 2.75) is 39.3 Å². The number of rotatable bonds is 8. The minimum atomic E-state index is -0.948. The number of nitrogens with zero attached hydrogens (tertiary/aromatic N) is 1. The van der Waals surface area contributed by atoms with Crippen molar-refractivity contribution in [3.05, 3.63) is 23.9 Å². The summed E-state index contributed by atoms with van der Waals surface area (Å²) in [7, 11) is 0. The highest BCUT2D eigenvalue weighted by atomic mass is 16.5. The summed E-state index contributed by atoms with van der Waals surface area (Å²) in [5, 5.41) is 13.6. The average molecular weight is 295 g/mol. The third kappa shape index (κ3) is 7.14. The zero-order chi connectivity index (χ0) is 15.7. The van der Waals surface area contributed by atoms with Gasteiger partial charge in [-0.15, -0.1) is 0 Å². The van der Waals surface area contributed by atoms with Crippen molar-refractivity contribution in [2.24, 2.45) is 0 Å². The standard InChI is InChI=1S/C14H21N3O4/c1-3-10(2)21-12-8-11(4-6-15-12)9-17-14(20)16-7-5-13(18)19/h4,6,8,10H,3,5,7,9H2,1-2H3,(H,18,19)(H2,16,17,20). The lowest BCUT2D eigenvalue weighted by atomic mass is 10.2. The molecule has 1 unspecified atom stereocenters. The molecule has 0 saturated carbocycles. The molecule has 1 rings (SSSR count). The maximum Gasteiger partial charge on any atom is 0.315 e. The van der Waals surface area contributed by atoms with Gasteiger partial charge in [-0.3, -0.25) is 4.79 Å². The molecule has 7 nitrogen and oxygen atoms in total. The number of nitrogens with one attached hydrogen (secondary N) is 2. The van der Waals surface area contributed by atoms with E-state index < -0.39 is 12.0 Å². The minimum Gasteiger partial charge on any atom is -0.481 e. The summed E-state index contributed by atoms with van der Waals surface area (Å²) in [6.07, 6.45) is 2.49. The van der Waals surface area contributed by atoms with Gasteiger partial charge in [0.1, 0.15) is 0 Å². The summed E-state index contributed by atoms with van der Waals surface area (Å²) in [5.74, 6) is -0.425. The van der Waals surface area contributed by atoms with E-state index in [1.54, 1.807) is 18.3 Å². The summed E-state index contributed by atoms with van der Waals surface area (Å²) < 4.78 is 5.60. The lowest BCUT2D eigenvalue weighted by Gasteiger charge is -2.12. The smallest absolute Gasteiger partial charge is 0.315 e. The fourth-order valence-corrected chi connectivity index (χ4v) is 1.44. The molecule has 1 aromatic rings. The van der Waals surface area contributed by atoms with Gasteiger partial charge in [-0.1, -0.05) is 6.92 Å². The molecule has 0 aliphatic heterocycles. The van der Waals surface area contributed by atoms with Crippen LogP contribution >= 0.6 is 0 Å². The van der Waals surface area contributed by atoms with E-state index in [2.05, 4.69) is 15.6 Å². The number of carbonyl (C=O) groups is 2. The van der Waals surface area contributed by atoms with Crippen LogP contribution in [-0.4, -0.2) is 34.7 Å². The van der Waals surface area contributed by atoms with Gasteiger partial charge >= 0.3 is 12.0 Å². The first-order chi connectivity index (χ1) is 10.0. The van der Waals surface area contributed by atoms with Crippen molar-refractivity contribution < 1.29 is 19.4 Å². The SMILES string of the molecule is CCC(C)Oc1cc(CNC(=O)NCCC(=O)O)ccn1. The first kappa shape index (κ1) is 16.7. The maximum absolute atomic E-state index is 11.4. The quantitative estimate of drug-likeness (QED) is 0.675. The third-order valence-corrected chi connectivity index (χ3v) is 2.77. The Bertz CT molecular complexity index is 479. The predicted octanol–water partition coefficient (Wildman–Crippen LogP) is 1.53. The van der Waals surface area contributed by atoms with Crippen molar-refractivity contribution in [2.75, 3.05) is 6.54 Å². The number of carbonyl (C=O) groups excluding carboxylic acids is 1. The third-order valence-electron chi connectivity index (χ3n) is 2.77. The van der Waals surface area contributed by atoms with E-state index in [-0.39, 0.29) is 19.1 Å². The van der Waals surface area contributed by atoms with Crippen molar-refractivity contribution in [1.82, 2.24) is 15.6 Å². The molecule has 0 aliphatic rings. The Morgan fingerprint density at radius 1 is 1.43 bits per heavy atom. The van der Waals surface area contributed by atoms with Gasteiger partial charge in [0.25, 0.3) is 0 Å². The second-order valence-corrected chi connectivity index (χ2v) is 4.59. The molecule has 1 atom stereocenters. The summed E-state index contributed by atoms with van der Waals surface area (Å²) in [6, 6.07) is 3.14. The number of aromatic nitrogens is 1. The highest BCUT2D eigenvalue weighted by molar-refractivity contribution is 5.74. The van der Waals surface area contributed by atoms with Crippen molar-refractivity contribution in [3.8, 4) is 5.88 Å². The summed E-state index contributed by atoms with van der Waals surface area (Å²) >= 11 is 0. The largest absolute Gasteiger partial charge is 0.481 e. The van der Waals surface area contributed by atoms with Crippen LogP contribution in [-0.2, 0) is 11.3 Å². The Balaban J connectivity index is 2.39. The Morgan fingerprint density at radius 2 is 2.19 bits per heavy atom. The molecule has 2 amide bonds. The van der Waals surface area contributed by atoms with Crippen LogP contribution in [0, 0.1) is 0 Å². The van der Waals surface area contributed by atoms with Gasteiger partial charge in [-0.05, 0) is 25.0 Å². The Morgan fingerprint density at radius 3 is 2.86 bits per heavy atom. The summed E-state index contributed by atoms with van der Waals surface area (Å²) in [4.78, 5) is 25.9. The Hall–Kier alpha value is -2.31. The highest BCUT2D eigenvalue weighted by Crippen LogP contribution is 2.12. The molecular weight excluding hydrogens is 274 g/mol. The van der Waals surface area contributed by atoms with Crippen LogP contribution in [0.15, 0.2) is 18.3 Å². The second-order valence-electron chi connectivity index (χ2n) is 4.59. The number of carboxylic acids is 1. The average Bonchev–Trinajstić information content (AvgIpc) is 2.45. The molecule has 1 aromatic heterocycles. The first-order valence-electron chi connectivity index (χ1n) is 6.86. The van der Waals surface area contributed by atoms with Gasteiger partial charge in [-0.2, -0.15) is 0 Å². The van der Waals surface area contributed by atoms with Crippen LogP contribution in [0.25, 0.3) is 0 Å². The van der Waals surface area contributed by atoms with Crippen LogP contribution in [0.2, 0.25) is 0 Å². The van der Waals surface area contributed by atoms with Crippen LogP contribution in [0.5, 0.6) is 5.88 Å². The highest BCUT2D eigenvalue weighted by Gasteiger charge is 2.05. The number of hydrogen-bond donors (Lipinski definition) is 3. The molecule has 116 valence electrons. The zero-order valence-electron chi connectivity index (χ0n) is 12.3. The molecule has 0 radical (unpaired) electrons. The topological polar surface area (TPSA) is 101 Å². The number of hydrogen-bond acceptors (Lipinski definition) is 4. The van der Waals surface area contributed by atoms with E-state index in [4.69, 9.17) is 9.84 Å². The summed E-state index contributed by atoms with van der Waals surface area (Å²) in [5.41, 5.74) is 0.858. The van der Waals surface area contributed by atoms with E-state index in [0.717, 1.165) is 12.0 Å². The molecule has 0 spiro atoms. The number of urea groups is 1. The molecule has 0 aliphatic carbocycles. The lowest BCUT2D eigenvalue weighted by Crippen LogP contribution is -2.36. The van der Waals surface area contributed by atoms with Gasteiger partial charge in [0, 0.05) is 25.4 Å². The monoisotopic (exact) mass is 295 g/mol. The minimum absolute atomic E-state index is 0.0834. The molecule has 0 bridgehead atoms. The number of pyridine rings is 1. The van der Waals surface area contributed by atoms with Crippen LogP contribution in [0.3, 0.4) is 0 Å². The van der Waals surface area contributed by atoms with E-state index in [9.17, 15) is 9.59 Å². The molecule has 0 fully saturated rings. The number of carboxylic acid groups (broad SMARTS) is 1. The fraction of sp³-hybridized carbons (Fsp3) is 0.500. The van der Waals surface area contributed by atoms with Gasteiger partial charge in [0.15, 0.2) is 0 Å². The fourth-order valence-electron chi connectivity index (χ4n) is 1.44. The van der Waals surface area contributed by atoms with Crippen LogP contribution < -0.4 is 15.4 Å². The predicted molar refractivity (Wildman–Crippen MR) is 77.1 cm³/mol. The van der Waals surface area contributed by atoms with E-state index >= 15 is 0 Å². The van der Waals surface area contributed by atoms with E-state index in [0.29, 0.717) is 12.4 Å². The zero-order valence-corrected chi connectivity index (χ0v) is 12.3. The van der Waals surface area contributed by atoms with Gasteiger partial charge in [0.2, 0.25) is 5.88 Å². The molecular formula is C14H21N3O4. The molecule has 1 heterocycles.